The van der Waals surface area contributed by atoms with Crippen LogP contribution in [0.15, 0.2) is 48.9 Å². The molecule has 2 unspecified atom stereocenters. The number of amides is 1. The summed E-state index contributed by atoms with van der Waals surface area (Å²) >= 11 is 0. The van der Waals surface area contributed by atoms with Gasteiger partial charge in [-0.1, -0.05) is 6.07 Å². The molecule has 43 heavy (non-hydrogen) atoms. The monoisotopic (exact) mass is 604 g/mol. The first-order valence-electron chi connectivity index (χ1n) is 14.1. The predicted octanol–water partition coefficient (Wildman–Crippen LogP) is 4.16. The van der Waals surface area contributed by atoms with Gasteiger partial charge in [0.1, 0.15) is 17.7 Å². The molecule has 1 amide bonds. The molecule has 0 aliphatic carbocycles. The summed E-state index contributed by atoms with van der Waals surface area (Å²) in [4.78, 5) is 28.0. The highest BCUT2D eigenvalue weighted by atomic mass is 19.4. The van der Waals surface area contributed by atoms with E-state index in [-0.39, 0.29) is 17.8 Å². The summed E-state index contributed by atoms with van der Waals surface area (Å²) in [6.45, 7) is 5.24. The van der Waals surface area contributed by atoms with Crippen molar-refractivity contribution in [3.05, 3.63) is 71.3 Å². The standard InChI is InChI=1S/C16H24N2O4.C14H15F3N4/c1-11(22-3)14-7-6-13(20)9-12(14)10-18-15(5-4-8-19)16(21)17-2;15-14(16,17)13-7-12(3-4-18-13)21-10-11(8-19-21)9-20-5-1-2-6-20/h6-9,11,15,18,20H,4-5,10H2,1-3H3,(H,17,21);3-4,7-8,10H,1-2,5-6,9H2. The number of likely N-dealkylation sites (tertiary alicyclic amines) is 1. The molecule has 0 bridgehead atoms. The molecule has 13 heteroatoms. The Balaban J connectivity index is 0.000000235. The van der Waals surface area contributed by atoms with E-state index in [4.69, 9.17) is 4.74 Å². The van der Waals surface area contributed by atoms with E-state index in [1.807, 2.05) is 6.92 Å². The molecule has 2 aromatic heterocycles. The summed E-state index contributed by atoms with van der Waals surface area (Å²) in [5.41, 5.74) is 2.26. The average molecular weight is 605 g/mol. The van der Waals surface area contributed by atoms with Crippen molar-refractivity contribution in [2.75, 3.05) is 27.2 Å². The van der Waals surface area contributed by atoms with Crippen molar-refractivity contribution in [2.45, 2.75) is 64.0 Å². The van der Waals surface area contributed by atoms with E-state index < -0.39 is 17.9 Å². The number of ether oxygens (including phenoxy) is 1. The molecule has 1 fully saturated rings. The largest absolute Gasteiger partial charge is 0.508 e. The number of phenols is 1. The summed E-state index contributed by atoms with van der Waals surface area (Å²) in [5, 5.41) is 19.5. The molecule has 0 saturated carbocycles. The molecule has 1 aromatic carbocycles. The lowest BCUT2D eigenvalue weighted by molar-refractivity contribution is -0.141. The molecule has 3 N–H and O–H groups in total. The van der Waals surface area contributed by atoms with E-state index in [0.29, 0.717) is 25.1 Å². The lowest BCUT2D eigenvalue weighted by Gasteiger charge is -2.20. The Labute approximate surface area is 249 Å². The Bertz CT molecular complexity index is 1330. The molecule has 3 aromatic rings. The van der Waals surface area contributed by atoms with Crippen LogP contribution in [0.5, 0.6) is 5.75 Å². The van der Waals surface area contributed by atoms with Crippen molar-refractivity contribution in [1.82, 2.24) is 30.3 Å². The van der Waals surface area contributed by atoms with Gasteiger partial charge in [0.2, 0.25) is 5.91 Å². The fourth-order valence-corrected chi connectivity index (χ4v) is 4.74. The first-order valence-corrected chi connectivity index (χ1v) is 14.1. The van der Waals surface area contributed by atoms with Crippen LogP contribution in [0.4, 0.5) is 13.2 Å². The summed E-state index contributed by atoms with van der Waals surface area (Å²) in [5.74, 6) is -0.00317. The van der Waals surface area contributed by atoms with Gasteiger partial charge in [-0.2, -0.15) is 18.3 Å². The summed E-state index contributed by atoms with van der Waals surface area (Å²) in [6, 6.07) is 7.13. The Morgan fingerprint density at radius 1 is 1.21 bits per heavy atom. The minimum Gasteiger partial charge on any atom is -0.508 e. The Kier molecular flexibility index (Phi) is 12.7. The van der Waals surface area contributed by atoms with Gasteiger partial charge in [-0.15, -0.1) is 0 Å². The van der Waals surface area contributed by atoms with Crippen LogP contribution in [0.1, 0.15) is 61.1 Å². The number of aromatic nitrogens is 3. The smallest absolute Gasteiger partial charge is 0.433 e. The van der Waals surface area contributed by atoms with Crippen LogP contribution < -0.4 is 10.6 Å². The maximum absolute atomic E-state index is 12.7. The number of halogens is 3. The van der Waals surface area contributed by atoms with Gasteiger partial charge in [0.25, 0.3) is 0 Å². The van der Waals surface area contributed by atoms with Crippen molar-refractivity contribution in [3.8, 4) is 11.4 Å². The van der Waals surface area contributed by atoms with Crippen LogP contribution >= 0.6 is 0 Å². The Hall–Kier alpha value is -3.81. The third kappa shape index (κ3) is 10.2. The van der Waals surface area contributed by atoms with Gasteiger partial charge >= 0.3 is 6.18 Å². The van der Waals surface area contributed by atoms with Crippen LogP contribution in [0, 0.1) is 0 Å². The molecule has 1 saturated heterocycles. The van der Waals surface area contributed by atoms with E-state index >= 15 is 0 Å². The minimum atomic E-state index is -4.44. The zero-order chi connectivity index (χ0) is 31.4. The molecule has 0 spiro atoms. The number of aromatic hydroxyl groups is 1. The van der Waals surface area contributed by atoms with E-state index in [2.05, 4.69) is 25.6 Å². The van der Waals surface area contributed by atoms with Gasteiger partial charge in [-0.3, -0.25) is 14.7 Å². The van der Waals surface area contributed by atoms with Gasteiger partial charge < -0.3 is 25.3 Å². The summed E-state index contributed by atoms with van der Waals surface area (Å²) < 4.78 is 44.8. The number of carbonyl (C=O) groups excluding carboxylic acids is 2. The number of benzene rings is 1. The number of methoxy groups -OCH3 is 1. The number of nitrogens with one attached hydrogen (secondary N) is 2. The van der Waals surface area contributed by atoms with Gasteiger partial charge in [-0.25, -0.2) is 4.68 Å². The molecule has 10 nitrogen and oxygen atoms in total. The molecule has 3 heterocycles. The quantitative estimate of drug-likeness (QED) is 0.264. The van der Waals surface area contributed by atoms with Gasteiger partial charge in [-0.05, 0) is 74.7 Å². The van der Waals surface area contributed by atoms with Crippen molar-refractivity contribution < 1.29 is 32.6 Å². The zero-order valence-electron chi connectivity index (χ0n) is 24.6. The van der Waals surface area contributed by atoms with Crippen LogP contribution in [0.3, 0.4) is 0 Å². The number of phenolic OH excluding ortho intramolecular Hbond substituents is 1. The summed E-state index contributed by atoms with van der Waals surface area (Å²) in [6.07, 6.45) is 4.00. The zero-order valence-corrected chi connectivity index (χ0v) is 24.6. The number of alkyl halides is 3. The highest BCUT2D eigenvalue weighted by Crippen LogP contribution is 2.28. The number of hydrogen-bond acceptors (Lipinski definition) is 8. The van der Waals surface area contributed by atoms with E-state index in [1.165, 1.54) is 23.6 Å². The number of rotatable bonds is 12. The van der Waals surface area contributed by atoms with Crippen molar-refractivity contribution in [3.63, 3.8) is 0 Å². The highest BCUT2D eigenvalue weighted by Gasteiger charge is 2.32. The topological polar surface area (TPSA) is 122 Å². The fraction of sp³-hybridized carbons (Fsp3) is 0.467. The molecule has 1 aliphatic heterocycles. The third-order valence-corrected chi connectivity index (χ3v) is 7.13. The summed E-state index contributed by atoms with van der Waals surface area (Å²) in [7, 11) is 3.18. The average Bonchev–Trinajstić information content (AvgIpc) is 3.69. The predicted molar refractivity (Wildman–Crippen MR) is 154 cm³/mol. The van der Waals surface area contributed by atoms with Crippen LogP contribution in [0.25, 0.3) is 5.69 Å². The molecule has 2 atom stereocenters. The first-order chi connectivity index (χ1) is 20.5. The van der Waals surface area contributed by atoms with Crippen LogP contribution in [0.2, 0.25) is 0 Å². The molecular weight excluding hydrogens is 565 g/mol. The van der Waals surface area contributed by atoms with Crippen molar-refractivity contribution in [1.29, 1.82) is 0 Å². The molecule has 4 rings (SSSR count). The minimum absolute atomic E-state index is 0.120. The number of aldehydes is 1. The molecular formula is C30H39F3N6O4. The molecule has 1 aliphatic rings. The first kappa shape index (κ1) is 33.7. The van der Waals surface area contributed by atoms with E-state index in [0.717, 1.165) is 54.9 Å². The lowest BCUT2D eigenvalue weighted by Crippen LogP contribution is -2.42. The molecule has 234 valence electrons. The maximum Gasteiger partial charge on any atom is 0.433 e. The third-order valence-electron chi connectivity index (χ3n) is 7.13. The van der Waals surface area contributed by atoms with E-state index in [9.17, 15) is 27.9 Å². The Morgan fingerprint density at radius 2 is 1.95 bits per heavy atom. The second-order valence-corrected chi connectivity index (χ2v) is 10.2. The normalized spacial score (nSPS) is 14.9. The Morgan fingerprint density at radius 3 is 2.60 bits per heavy atom. The SMILES string of the molecule is CNC(=O)C(CCC=O)NCc1cc(O)ccc1C(C)OC.FC(F)(F)c1cc(-n2cc(CN3CCCC3)cn2)ccn1. The lowest BCUT2D eigenvalue weighted by atomic mass is 10.0. The van der Waals surface area contributed by atoms with Gasteiger partial charge in [0.15, 0.2) is 0 Å². The highest BCUT2D eigenvalue weighted by molar-refractivity contribution is 5.81. The number of likely N-dealkylation sites (N-methyl/N-ethyl adjacent to an activating group) is 1. The van der Waals surface area contributed by atoms with Crippen LogP contribution in [-0.2, 0) is 33.6 Å². The number of pyridine rings is 1. The van der Waals surface area contributed by atoms with Crippen LogP contribution in [-0.4, -0.2) is 70.3 Å². The second kappa shape index (κ2) is 16.1. The van der Waals surface area contributed by atoms with Gasteiger partial charge in [0, 0.05) is 51.6 Å². The maximum atomic E-state index is 12.7. The van der Waals surface area contributed by atoms with Crippen molar-refractivity contribution >= 4 is 12.2 Å². The number of carbonyl (C=O) groups is 2. The van der Waals surface area contributed by atoms with Crippen molar-refractivity contribution in [2.24, 2.45) is 0 Å². The van der Waals surface area contributed by atoms with E-state index in [1.54, 1.807) is 44.8 Å². The number of hydrogen-bond donors (Lipinski definition) is 3. The molecule has 0 radical (unpaired) electrons. The fourth-order valence-electron chi connectivity index (χ4n) is 4.74. The number of nitrogens with zero attached hydrogens (tertiary/aromatic N) is 4. The second-order valence-electron chi connectivity index (χ2n) is 10.2. The van der Waals surface area contributed by atoms with Gasteiger partial charge in [0.05, 0.1) is 24.0 Å².